The Labute approximate surface area is 187 Å². The molecule has 0 amide bonds. The summed E-state index contributed by atoms with van der Waals surface area (Å²) in [5.74, 6) is 2.31. The topological polar surface area (TPSA) is 39.8 Å². The lowest BCUT2D eigenvalue weighted by molar-refractivity contribution is 0.137. The largest absolute Gasteiger partial charge is 0.497 e. The first-order chi connectivity index (χ1) is 15.2. The van der Waals surface area contributed by atoms with Gasteiger partial charge in [-0.2, -0.15) is 0 Å². The second-order valence-electron chi connectivity index (χ2n) is 9.30. The van der Waals surface area contributed by atoms with Gasteiger partial charge in [-0.3, -0.25) is 5.43 Å². The van der Waals surface area contributed by atoms with Gasteiger partial charge in [0.25, 0.3) is 0 Å². The molecule has 2 saturated heterocycles. The number of methoxy groups -OCH3 is 1. The van der Waals surface area contributed by atoms with Crippen LogP contribution in [0.2, 0.25) is 0 Å². The smallest absolute Gasteiger partial charge is 0.118 e. The summed E-state index contributed by atoms with van der Waals surface area (Å²) < 4.78 is 5.27. The Morgan fingerprint density at radius 1 is 1.06 bits per heavy atom. The second kappa shape index (κ2) is 11.1. The Hall–Kier alpha value is -1.92. The Morgan fingerprint density at radius 2 is 1.87 bits per heavy atom. The van der Waals surface area contributed by atoms with Gasteiger partial charge in [-0.05, 0) is 62.0 Å². The first-order valence-corrected chi connectivity index (χ1v) is 11.8. The Bertz CT molecular complexity index is 782. The molecular weight excluding hydrogens is 384 g/mol. The minimum absolute atomic E-state index is 0.399. The number of hydrogen-bond donors (Lipinski definition) is 2. The molecule has 31 heavy (non-hydrogen) atoms. The molecule has 5 heteroatoms. The molecule has 0 bridgehead atoms. The van der Waals surface area contributed by atoms with Crippen LogP contribution in [-0.2, 0) is 6.42 Å². The summed E-state index contributed by atoms with van der Waals surface area (Å²) in [5.41, 5.74) is 9.65. The number of hydrazine groups is 1. The quantitative estimate of drug-likeness (QED) is 0.649. The molecule has 5 nitrogen and oxygen atoms in total. The van der Waals surface area contributed by atoms with Crippen LogP contribution in [0.4, 0.5) is 0 Å². The van der Waals surface area contributed by atoms with E-state index in [1.807, 2.05) is 0 Å². The molecule has 2 heterocycles. The van der Waals surface area contributed by atoms with Crippen LogP contribution >= 0.6 is 0 Å². The van der Waals surface area contributed by atoms with Gasteiger partial charge in [0.1, 0.15) is 5.75 Å². The van der Waals surface area contributed by atoms with E-state index in [0.717, 1.165) is 37.7 Å². The van der Waals surface area contributed by atoms with Gasteiger partial charge >= 0.3 is 0 Å². The van der Waals surface area contributed by atoms with E-state index in [4.69, 9.17) is 4.74 Å². The predicted molar refractivity (Wildman–Crippen MR) is 127 cm³/mol. The van der Waals surface area contributed by atoms with Crippen molar-refractivity contribution in [3.8, 4) is 5.75 Å². The Kier molecular flexibility index (Phi) is 7.97. The molecule has 0 saturated carbocycles. The summed E-state index contributed by atoms with van der Waals surface area (Å²) in [6, 6.07) is 19.8. The summed E-state index contributed by atoms with van der Waals surface area (Å²) in [4.78, 5) is 5.23. The van der Waals surface area contributed by atoms with Crippen LogP contribution in [0.15, 0.2) is 54.6 Å². The zero-order chi connectivity index (χ0) is 21.5. The third kappa shape index (κ3) is 6.30. The minimum atomic E-state index is 0.399. The zero-order valence-electron chi connectivity index (χ0n) is 19.1. The van der Waals surface area contributed by atoms with Gasteiger partial charge in [-0.25, -0.2) is 5.43 Å². The number of nitrogens with one attached hydrogen (secondary N) is 2. The van der Waals surface area contributed by atoms with Crippen molar-refractivity contribution in [2.75, 3.05) is 53.4 Å². The van der Waals surface area contributed by atoms with Gasteiger partial charge in [0.05, 0.1) is 13.2 Å². The van der Waals surface area contributed by atoms with Crippen LogP contribution in [0.1, 0.15) is 30.0 Å². The van der Waals surface area contributed by atoms with Gasteiger partial charge in [-0.15, -0.1) is 0 Å². The van der Waals surface area contributed by atoms with E-state index in [-0.39, 0.29) is 0 Å². The van der Waals surface area contributed by atoms with E-state index in [1.54, 1.807) is 7.11 Å². The van der Waals surface area contributed by atoms with Crippen LogP contribution in [0.3, 0.4) is 0 Å². The molecule has 2 aliphatic rings. The maximum Gasteiger partial charge on any atom is 0.118 e. The van der Waals surface area contributed by atoms with E-state index < -0.39 is 0 Å². The molecule has 0 aliphatic carbocycles. The number of piperidine rings is 1. The fourth-order valence-corrected chi connectivity index (χ4v) is 5.22. The summed E-state index contributed by atoms with van der Waals surface area (Å²) in [6.45, 7) is 6.97. The number of hydrogen-bond acceptors (Lipinski definition) is 5. The van der Waals surface area contributed by atoms with Gasteiger partial charge in [0.15, 0.2) is 0 Å². The van der Waals surface area contributed by atoms with E-state index in [9.17, 15) is 0 Å². The van der Waals surface area contributed by atoms with E-state index in [2.05, 4.69) is 82.3 Å². The van der Waals surface area contributed by atoms with Crippen molar-refractivity contribution >= 4 is 0 Å². The first-order valence-electron chi connectivity index (χ1n) is 11.8. The van der Waals surface area contributed by atoms with Gasteiger partial charge < -0.3 is 14.5 Å². The molecule has 168 valence electrons. The maximum absolute atomic E-state index is 5.27. The van der Waals surface area contributed by atoms with Crippen LogP contribution in [0.25, 0.3) is 0 Å². The summed E-state index contributed by atoms with van der Waals surface area (Å²) in [5, 5.41) is 0. The van der Waals surface area contributed by atoms with Crippen molar-refractivity contribution < 1.29 is 4.74 Å². The van der Waals surface area contributed by atoms with Gasteiger partial charge in [0, 0.05) is 38.6 Å². The van der Waals surface area contributed by atoms with E-state index >= 15 is 0 Å². The first kappa shape index (κ1) is 22.3. The number of nitrogens with zero attached hydrogens (tertiary/aromatic N) is 2. The molecule has 0 spiro atoms. The van der Waals surface area contributed by atoms with E-state index in [0.29, 0.717) is 12.0 Å². The number of ether oxygens (including phenoxy) is 1. The number of benzene rings is 2. The molecule has 0 aromatic heterocycles. The third-order valence-electron chi connectivity index (χ3n) is 6.85. The highest BCUT2D eigenvalue weighted by Gasteiger charge is 2.30. The average Bonchev–Trinajstić information content (AvgIpc) is 3.27. The lowest BCUT2D eigenvalue weighted by Crippen LogP contribution is -2.42. The molecule has 4 rings (SSSR count). The Balaban J connectivity index is 1.23. The number of likely N-dealkylation sites (tertiary alicyclic amines) is 1. The van der Waals surface area contributed by atoms with Crippen molar-refractivity contribution in [2.24, 2.45) is 11.8 Å². The minimum Gasteiger partial charge on any atom is -0.497 e. The van der Waals surface area contributed by atoms with Crippen molar-refractivity contribution in [1.29, 1.82) is 0 Å². The van der Waals surface area contributed by atoms with Crippen molar-refractivity contribution in [2.45, 2.75) is 25.3 Å². The maximum atomic E-state index is 5.27. The lowest BCUT2D eigenvalue weighted by atomic mass is 9.93. The summed E-state index contributed by atoms with van der Waals surface area (Å²) in [7, 11) is 4.03. The standard InChI is InChI=1S/C26H38N4O/c1-29(20-24-17-27-28-26(24)23-8-4-3-5-9-23)18-22-7-6-15-30(19-22)16-14-21-10-12-25(31-2)13-11-21/h3-5,8-13,22,24,26-28H,6-7,14-20H2,1-2H3. The average molecular weight is 423 g/mol. The fraction of sp³-hybridized carbons (Fsp3) is 0.538. The molecular formula is C26H38N4O. The normalized spacial score (nSPS) is 24.5. The predicted octanol–water partition coefficient (Wildman–Crippen LogP) is 3.35. The lowest BCUT2D eigenvalue weighted by Gasteiger charge is -2.35. The highest BCUT2D eigenvalue weighted by atomic mass is 16.5. The molecule has 3 unspecified atom stereocenters. The Morgan fingerprint density at radius 3 is 2.65 bits per heavy atom. The monoisotopic (exact) mass is 422 g/mol. The van der Waals surface area contributed by atoms with Crippen molar-refractivity contribution in [3.05, 3.63) is 65.7 Å². The second-order valence-corrected chi connectivity index (χ2v) is 9.30. The molecule has 3 atom stereocenters. The van der Waals surface area contributed by atoms with Crippen LogP contribution < -0.4 is 15.6 Å². The van der Waals surface area contributed by atoms with E-state index in [1.165, 1.54) is 43.6 Å². The zero-order valence-corrected chi connectivity index (χ0v) is 19.1. The summed E-state index contributed by atoms with van der Waals surface area (Å²) in [6.07, 6.45) is 3.79. The molecule has 2 fully saturated rings. The third-order valence-corrected chi connectivity index (χ3v) is 6.85. The molecule has 2 N–H and O–H groups in total. The van der Waals surface area contributed by atoms with Gasteiger partial charge in [0.2, 0.25) is 0 Å². The van der Waals surface area contributed by atoms with Crippen LogP contribution in [0, 0.1) is 11.8 Å². The SMILES string of the molecule is COc1ccc(CCN2CCCC(CN(C)CC3CNNC3c3ccccc3)C2)cc1. The fourth-order valence-electron chi connectivity index (χ4n) is 5.22. The highest BCUT2D eigenvalue weighted by Crippen LogP contribution is 2.26. The van der Waals surface area contributed by atoms with Crippen molar-refractivity contribution in [1.82, 2.24) is 20.7 Å². The molecule has 2 aromatic carbocycles. The molecule has 2 aliphatic heterocycles. The molecule has 0 radical (unpaired) electrons. The van der Waals surface area contributed by atoms with Crippen molar-refractivity contribution in [3.63, 3.8) is 0 Å². The van der Waals surface area contributed by atoms with Gasteiger partial charge in [-0.1, -0.05) is 42.5 Å². The van der Waals surface area contributed by atoms with Crippen LogP contribution in [0.5, 0.6) is 5.75 Å². The highest BCUT2D eigenvalue weighted by molar-refractivity contribution is 5.27. The molecule has 2 aromatic rings. The number of rotatable bonds is 9. The summed E-state index contributed by atoms with van der Waals surface area (Å²) >= 11 is 0. The van der Waals surface area contributed by atoms with Crippen LogP contribution in [-0.4, -0.2) is 63.2 Å².